The second-order valence-corrected chi connectivity index (χ2v) is 5.77. The molecule has 0 fully saturated rings. The molecule has 0 saturated heterocycles. The third kappa shape index (κ3) is 2.96. The van der Waals surface area contributed by atoms with Gasteiger partial charge in [0.25, 0.3) is 0 Å². The maximum Gasteiger partial charge on any atom is 0.471 e. The summed E-state index contributed by atoms with van der Waals surface area (Å²) in [7, 11) is 0.993. The van der Waals surface area contributed by atoms with E-state index in [4.69, 9.17) is 4.42 Å². The van der Waals surface area contributed by atoms with Crippen LogP contribution in [0.1, 0.15) is 5.56 Å². The summed E-state index contributed by atoms with van der Waals surface area (Å²) in [5, 5.41) is 0.113. The van der Waals surface area contributed by atoms with E-state index in [-0.39, 0.29) is 27.8 Å². The smallest absolute Gasteiger partial charge is 0.453 e. The molecule has 0 spiro atoms. The van der Waals surface area contributed by atoms with E-state index in [2.05, 4.69) is 0 Å². The van der Waals surface area contributed by atoms with E-state index < -0.39 is 12.1 Å². The lowest BCUT2D eigenvalue weighted by Gasteiger charge is -2.20. The largest absolute Gasteiger partial charge is 0.471 e. The summed E-state index contributed by atoms with van der Waals surface area (Å²) >= 11 is 0. The van der Waals surface area contributed by atoms with Gasteiger partial charge in [-0.05, 0) is 19.1 Å². The average Bonchev–Trinajstić information content (AvgIpc) is 2.63. The fourth-order valence-electron chi connectivity index (χ4n) is 2.72. The van der Waals surface area contributed by atoms with Crippen LogP contribution >= 0.6 is 0 Å². The zero-order valence-corrected chi connectivity index (χ0v) is 13.9. The number of fused-ring (bicyclic) bond motifs is 1. The Balaban J connectivity index is 2.29. The standard InChI is InChI=1S/C19H14F3NO3/c1-11-15(24)13-9-6-10-14(23(2)18(25)19(20,21)22)17(13)26-16(11)12-7-4-3-5-8-12/h3-10H,1-2H3. The van der Waals surface area contributed by atoms with Crippen molar-refractivity contribution in [3.05, 3.63) is 64.3 Å². The summed E-state index contributed by atoms with van der Waals surface area (Å²) in [6, 6.07) is 12.9. The normalized spacial score (nSPS) is 11.6. The highest BCUT2D eigenvalue weighted by atomic mass is 19.4. The highest BCUT2D eigenvalue weighted by molar-refractivity contribution is 6.03. The topological polar surface area (TPSA) is 50.5 Å². The van der Waals surface area contributed by atoms with Gasteiger partial charge in [-0.15, -0.1) is 0 Å². The summed E-state index contributed by atoms with van der Waals surface area (Å²) in [5.41, 5.74) is 0.398. The zero-order valence-electron chi connectivity index (χ0n) is 13.9. The van der Waals surface area contributed by atoms with Crippen LogP contribution < -0.4 is 10.3 Å². The first-order valence-corrected chi connectivity index (χ1v) is 7.68. The second kappa shape index (κ2) is 6.33. The van der Waals surface area contributed by atoms with E-state index in [1.54, 1.807) is 37.3 Å². The number of anilines is 1. The van der Waals surface area contributed by atoms with E-state index in [1.807, 2.05) is 0 Å². The van der Waals surface area contributed by atoms with Gasteiger partial charge >= 0.3 is 12.1 Å². The first-order valence-electron chi connectivity index (χ1n) is 7.68. The van der Waals surface area contributed by atoms with Gasteiger partial charge in [-0.25, -0.2) is 0 Å². The van der Waals surface area contributed by atoms with Crippen molar-refractivity contribution in [2.75, 3.05) is 11.9 Å². The SMILES string of the molecule is Cc1c(-c2ccccc2)oc2c(N(C)C(=O)C(F)(F)F)cccc2c1=O. The van der Waals surface area contributed by atoms with Gasteiger partial charge in [-0.3, -0.25) is 9.59 Å². The molecule has 0 aliphatic heterocycles. The quantitative estimate of drug-likeness (QED) is 0.684. The summed E-state index contributed by atoms with van der Waals surface area (Å²) in [6.45, 7) is 1.59. The molecule has 3 aromatic rings. The minimum atomic E-state index is -5.04. The van der Waals surface area contributed by atoms with E-state index in [0.29, 0.717) is 16.0 Å². The Morgan fingerprint density at radius 3 is 2.31 bits per heavy atom. The van der Waals surface area contributed by atoms with Gasteiger partial charge in [0.05, 0.1) is 11.1 Å². The van der Waals surface area contributed by atoms with E-state index in [1.165, 1.54) is 18.2 Å². The van der Waals surface area contributed by atoms with Crippen LogP contribution in [0.5, 0.6) is 0 Å². The van der Waals surface area contributed by atoms with Gasteiger partial charge in [-0.2, -0.15) is 13.2 Å². The predicted molar refractivity (Wildman–Crippen MR) is 92.1 cm³/mol. The highest BCUT2D eigenvalue weighted by Crippen LogP contribution is 2.32. The molecule has 1 heterocycles. The second-order valence-electron chi connectivity index (χ2n) is 5.77. The molecule has 7 heteroatoms. The third-order valence-corrected chi connectivity index (χ3v) is 4.07. The lowest BCUT2D eigenvalue weighted by atomic mass is 10.1. The molecule has 0 radical (unpaired) electrons. The highest BCUT2D eigenvalue weighted by Gasteiger charge is 2.42. The van der Waals surface area contributed by atoms with Crippen molar-refractivity contribution >= 4 is 22.6 Å². The number of alkyl halides is 3. The Bertz CT molecular complexity index is 1040. The number of halogens is 3. The van der Waals surface area contributed by atoms with E-state index in [0.717, 1.165) is 7.05 Å². The zero-order chi connectivity index (χ0) is 19.1. The first kappa shape index (κ1) is 17.7. The Kier molecular flexibility index (Phi) is 4.31. The minimum absolute atomic E-state index is 0.0675. The van der Waals surface area contributed by atoms with Crippen molar-refractivity contribution in [1.29, 1.82) is 0 Å². The number of nitrogens with zero attached hydrogens (tertiary/aromatic N) is 1. The van der Waals surface area contributed by atoms with Crippen LogP contribution in [0.4, 0.5) is 18.9 Å². The van der Waals surface area contributed by atoms with Crippen molar-refractivity contribution in [3.63, 3.8) is 0 Å². The lowest BCUT2D eigenvalue weighted by Crippen LogP contribution is -2.38. The fraction of sp³-hybridized carbons (Fsp3) is 0.158. The van der Waals surface area contributed by atoms with Crippen LogP contribution in [0, 0.1) is 6.92 Å². The van der Waals surface area contributed by atoms with Gasteiger partial charge in [0.2, 0.25) is 0 Å². The molecule has 0 atom stereocenters. The average molecular weight is 361 g/mol. The maximum absolute atomic E-state index is 12.8. The molecule has 0 aliphatic rings. The van der Waals surface area contributed by atoms with Crippen molar-refractivity contribution in [3.8, 4) is 11.3 Å². The molecule has 1 aromatic heterocycles. The maximum atomic E-state index is 12.8. The number of amides is 1. The van der Waals surface area contributed by atoms with Crippen LogP contribution in [-0.4, -0.2) is 19.1 Å². The Labute approximate surface area is 146 Å². The molecule has 26 heavy (non-hydrogen) atoms. The molecule has 2 aromatic carbocycles. The molecule has 0 aliphatic carbocycles. The predicted octanol–water partition coefficient (Wildman–Crippen LogP) is 4.29. The molecule has 1 amide bonds. The Morgan fingerprint density at radius 2 is 1.69 bits per heavy atom. The van der Waals surface area contributed by atoms with Crippen molar-refractivity contribution < 1.29 is 22.4 Å². The summed E-state index contributed by atoms with van der Waals surface area (Å²) in [6.07, 6.45) is -5.04. The Morgan fingerprint density at radius 1 is 1.04 bits per heavy atom. The van der Waals surface area contributed by atoms with Gasteiger partial charge in [0.1, 0.15) is 5.76 Å². The van der Waals surface area contributed by atoms with Crippen molar-refractivity contribution in [1.82, 2.24) is 0 Å². The monoisotopic (exact) mass is 361 g/mol. The number of benzene rings is 2. The molecule has 0 saturated carbocycles. The van der Waals surface area contributed by atoms with Crippen LogP contribution in [0.3, 0.4) is 0 Å². The summed E-state index contributed by atoms with van der Waals surface area (Å²) in [4.78, 5) is 24.7. The number of rotatable bonds is 2. The molecule has 0 N–H and O–H groups in total. The molecule has 3 rings (SSSR count). The summed E-state index contributed by atoms with van der Waals surface area (Å²) < 4.78 is 44.2. The molecular weight excluding hydrogens is 347 g/mol. The van der Waals surface area contributed by atoms with Crippen LogP contribution in [0.2, 0.25) is 0 Å². The van der Waals surface area contributed by atoms with Crippen LogP contribution in [0.25, 0.3) is 22.3 Å². The van der Waals surface area contributed by atoms with Crippen molar-refractivity contribution in [2.24, 2.45) is 0 Å². The number of hydrogen-bond acceptors (Lipinski definition) is 3. The Hall–Kier alpha value is -3.09. The third-order valence-electron chi connectivity index (χ3n) is 4.07. The molecule has 0 unspecified atom stereocenters. The number of para-hydroxylation sites is 1. The van der Waals surface area contributed by atoms with Gasteiger partial charge in [0.15, 0.2) is 11.0 Å². The fourth-order valence-corrected chi connectivity index (χ4v) is 2.72. The molecular formula is C19H14F3NO3. The van der Waals surface area contributed by atoms with E-state index >= 15 is 0 Å². The van der Waals surface area contributed by atoms with Gasteiger partial charge < -0.3 is 9.32 Å². The molecule has 0 bridgehead atoms. The first-order chi connectivity index (χ1) is 12.2. The van der Waals surface area contributed by atoms with Crippen LogP contribution in [-0.2, 0) is 4.79 Å². The molecule has 4 nitrogen and oxygen atoms in total. The number of carbonyl (C=O) groups excluding carboxylic acids is 1. The van der Waals surface area contributed by atoms with Crippen molar-refractivity contribution in [2.45, 2.75) is 13.1 Å². The number of hydrogen-bond donors (Lipinski definition) is 0. The summed E-state index contributed by atoms with van der Waals surface area (Å²) in [5.74, 6) is -1.79. The van der Waals surface area contributed by atoms with E-state index in [9.17, 15) is 22.8 Å². The van der Waals surface area contributed by atoms with Gasteiger partial charge in [-0.1, -0.05) is 36.4 Å². The number of carbonyl (C=O) groups is 1. The molecule has 134 valence electrons. The lowest BCUT2D eigenvalue weighted by molar-refractivity contribution is -0.170. The van der Waals surface area contributed by atoms with Gasteiger partial charge in [0, 0.05) is 18.2 Å². The van der Waals surface area contributed by atoms with Crippen LogP contribution in [0.15, 0.2) is 57.7 Å². The minimum Gasteiger partial charge on any atom is -0.453 e.